The van der Waals surface area contributed by atoms with Gasteiger partial charge in [0.1, 0.15) is 0 Å². The van der Waals surface area contributed by atoms with Crippen molar-refractivity contribution in [1.82, 2.24) is 5.32 Å². The number of hydrogen-bond donors (Lipinski definition) is 1. The fraction of sp³-hybridized carbons (Fsp3) is 0.538. The van der Waals surface area contributed by atoms with Gasteiger partial charge in [-0.15, -0.1) is 11.8 Å². The molecule has 3 heteroatoms. The largest absolute Gasteiger partial charge is 0.379 e. The second-order valence-electron chi connectivity index (χ2n) is 4.42. The van der Waals surface area contributed by atoms with E-state index < -0.39 is 0 Å². The summed E-state index contributed by atoms with van der Waals surface area (Å²) in [6, 6.07) is 9.17. The van der Waals surface area contributed by atoms with Crippen LogP contribution in [-0.4, -0.2) is 24.5 Å². The molecular formula is C13H19NOS. The summed E-state index contributed by atoms with van der Waals surface area (Å²) in [5.41, 5.74) is 1.40. The van der Waals surface area contributed by atoms with Gasteiger partial charge in [-0.1, -0.05) is 32.0 Å². The van der Waals surface area contributed by atoms with Crippen LogP contribution in [0.4, 0.5) is 0 Å². The van der Waals surface area contributed by atoms with Crippen molar-refractivity contribution < 1.29 is 4.74 Å². The molecule has 1 aromatic carbocycles. The highest BCUT2D eigenvalue weighted by atomic mass is 32.2. The Kier molecular flexibility index (Phi) is 4.27. The lowest BCUT2D eigenvalue weighted by atomic mass is 10.2. The monoisotopic (exact) mass is 237 g/mol. The number of nitrogens with one attached hydrogen (secondary N) is 1. The molecule has 0 atom stereocenters. The Morgan fingerprint density at radius 1 is 1.38 bits per heavy atom. The van der Waals surface area contributed by atoms with E-state index in [1.165, 1.54) is 10.5 Å². The van der Waals surface area contributed by atoms with Gasteiger partial charge >= 0.3 is 0 Å². The van der Waals surface area contributed by atoms with Gasteiger partial charge in [-0.05, 0) is 11.6 Å². The van der Waals surface area contributed by atoms with E-state index in [1.807, 2.05) is 11.8 Å². The third kappa shape index (κ3) is 3.24. The van der Waals surface area contributed by atoms with Crippen LogP contribution in [0.25, 0.3) is 0 Å². The van der Waals surface area contributed by atoms with Crippen LogP contribution in [0.3, 0.4) is 0 Å². The van der Waals surface area contributed by atoms with Crippen LogP contribution in [0.1, 0.15) is 19.4 Å². The maximum atomic E-state index is 5.21. The Morgan fingerprint density at radius 2 is 2.12 bits per heavy atom. The van der Waals surface area contributed by atoms with Crippen molar-refractivity contribution in [2.75, 3.05) is 13.2 Å². The highest BCUT2D eigenvalue weighted by Gasteiger charge is 2.20. The molecule has 1 aliphatic rings. The minimum absolute atomic E-state index is 0.532. The normalized spacial score (nSPS) is 16.4. The van der Waals surface area contributed by atoms with Crippen LogP contribution in [-0.2, 0) is 11.3 Å². The molecule has 1 saturated heterocycles. The van der Waals surface area contributed by atoms with Gasteiger partial charge in [0.05, 0.1) is 18.5 Å². The lowest BCUT2D eigenvalue weighted by Gasteiger charge is -2.26. The lowest BCUT2D eigenvalue weighted by Crippen LogP contribution is -2.30. The average molecular weight is 237 g/mol. The van der Waals surface area contributed by atoms with E-state index >= 15 is 0 Å². The second-order valence-corrected chi connectivity index (χ2v) is 5.76. The molecule has 2 nitrogen and oxygen atoms in total. The third-order valence-electron chi connectivity index (χ3n) is 2.57. The summed E-state index contributed by atoms with van der Waals surface area (Å²) < 4.78 is 5.21. The number of thioether (sulfide) groups is 1. The first kappa shape index (κ1) is 12.0. The summed E-state index contributed by atoms with van der Waals surface area (Å²) in [7, 11) is 0. The molecule has 0 amide bonds. The molecule has 0 radical (unpaired) electrons. The van der Waals surface area contributed by atoms with E-state index in [2.05, 4.69) is 43.4 Å². The van der Waals surface area contributed by atoms with Gasteiger partial charge in [-0.25, -0.2) is 0 Å². The highest BCUT2D eigenvalue weighted by Crippen LogP contribution is 2.30. The van der Waals surface area contributed by atoms with Crippen LogP contribution >= 0.6 is 11.8 Å². The van der Waals surface area contributed by atoms with E-state index in [0.29, 0.717) is 11.3 Å². The molecule has 0 unspecified atom stereocenters. The van der Waals surface area contributed by atoms with Gasteiger partial charge in [-0.3, -0.25) is 0 Å². The zero-order valence-corrected chi connectivity index (χ0v) is 10.7. The molecule has 0 saturated carbocycles. The molecule has 1 heterocycles. The first-order chi connectivity index (χ1) is 7.75. The highest BCUT2D eigenvalue weighted by molar-refractivity contribution is 8.00. The lowest BCUT2D eigenvalue weighted by molar-refractivity contribution is 0.0455. The number of hydrogen-bond acceptors (Lipinski definition) is 3. The Labute approximate surface area is 102 Å². The van der Waals surface area contributed by atoms with Crippen molar-refractivity contribution >= 4 is 11.8 Å². The van der Waals surface area contributed by atoms with E-state index in [-0.39, 0.29) is 0 Å². The van der Waals surface area contributed by atoms with Crippen molar-refractivity contribution in [3.8, 4) is 0 Å². The third-order valence-corrected chi connectivity index (χ3v) is 3.83. The molecule has 0 spiro atoms. The van der Waals surface area contributed by atoms with Crippen molar-refractivity contribution in [1.29, 1.82) is 0 Å². The second kappa shape index (κ2) is 5.71. The van der Waals surface area contributed by atoms with Crippen LogP contribution < -0.4 is 5.32 Å². The van der Waals surface area contributed by atoms with Gasteiger partial charge in [0.15, 0.2) is 0 Å². The Morgan fingerprint density at radius 3 is 2.75 bits per heavy atom. The molecular weight excluding hydrogens is 218 g/mol. The summed E-state index contributed by atoms with van der Waals surface area (Å²) in [6.07, 6.45) is 0. The van der Waals surface area contributed by atoms with Crippen molar-refractivity contribution in [3.05, 3.63) is 29.8 Å². The van der Waals surface area contributed by atoms with Crippen LogP contribution in [0, 0.1) is 0 Å². The van der Waals surface area contributed by atoms with E-state index in [9.17, 15) is 0 Å². The Bertz CT molecular complexity index is 336. The minimum atomic E-state index is 0.532. The minimum Gasteiger partial charge on any atom is -0.379 e. The summed E-state index contributed by atoms with van der Waals surface area (Å²) in [4.78, 5) is 1.39. The Hall–Kier alpha value is -0.510. The molecule has 0 bridgehead atoms. The molecule has 1 fully saturated rings. The first-order valence-corrected chi connectivity index (χ1v) is 6.69. The van der Waals surface area contributed by atoms with Crippen LogP contribution in [0.5, 0.6) is 0 Å². The maximum Gasteiger partial charge on any atom is 0.0611 e. The van der Waals surface area contributed by atoms with Gasteiger partial charge in [0.2, 0.25) is 0 Å². The number of ether oxygens (including phenoxy) is 1. The molecule has 1 aliphatic heterocycles. The van der Waals surface area contributed by atoms with Crippen LogP contribution in [0.2, 0.25) is 0 Å². The average Bonchev–Trinajstić information content (AvgIpc) is 2.22. The fourth-order valence-corrected chi connectivity index (χ4v) is 2.68. The first-order valence-electron chi connectivity index (χ1n) is 5.81. The molecule has 88 valence electrons. The molecule has 1 N–H and O–H groups in total. The van der Waals surface area contributed by atoms with Gasteiger partial charge in [-0.2, -0.15) is 0 Å². The maximum absolute atomic E-state index is 5.21. The fourth-order valence-electron chi connectivity index (χ4n) is 1.54. The molecule has 0 aromatic heterocycles. The van der Waals surface area contributed by atoms with Gasteiger partial charge in [0.25, 0.3) is 0 Å². The van der Waals surface area contributed by atoms with E-state index in [1.54, 1.807) is 0 Å². The van der Waals surface area contributed by atoms with Gasteiger partial charge < -0.3 is 10.1 Å². The molecule has 16 heavy (non-hydrogen) atoms. The summed E-state index contributed by atoms with van der Waals surface area (Å²) in [5.74, 6) is 0. The summed E-state index contributed by atoms with van der Waals surface area (Å²) in [6.45, 7) is 7.10. The molecule has 0 aliphatic carbocycles. The summed E-state index contributed by atoms with van der Waals surface area (Å²) >= 11 is 1.94. The van der Waals surface area contributed by atoms with Crippen LogP contribution in [0.15, 0.2) is 29.2 Å². The smallest absolute Gasteiger partial charge is 0.0611 e. The quantitative estimate of drug-likeness (QED) is 0.850. The van der Waals surface area contributed by atoms with E-state index in [0.717, 1.165) is 19.8 Å². The standard InChI is InChI=1S/C13H19NOS/c1-10(2)14-7-11-5-3-4-6-13(11)16-12-8-15-9-12/h3-6,10,12,14H,7-9H2,1-2H3. The van der Waals surface area contributed by atoms with Crippen molar-refractivity contribution in [2.45, 2.75) is 36.6 Å². The number of benzene rings is 1. The SMILES string of the molecule is CC(C)NCc1ccccc1SC1COC1. The zero-order valence-electron chi connectivity index (χ0n) is 9.90. The van der Waals surface area contributed by atoms with Crippen molar-refractivity contribution in [2.24, 2.45) is 0 Å². The molecule has 1 aromatic rings. The zero-order chi connectivity index (χ0) is 11.4. The predicted molar refractivity (Wildman–Crippen MR) is 68.9 cm³/mol. The predicted octanol–water partition coefficient (Wildman–Crippen LogP) is 2.68. The van der Waals surface area contributed by atoms with Gasteiger partial charge in [0, 0.05) is 17.5 Å². The topological polar surface area (TPSA) is 21.3 Å². The molecule has 2 rings (SSSR count). The van der Waals surface area contributed by atoms with Crippen molar-refractivity contribution in [3.63, 3.8) is 0 Å². The number of rotatable bonds is 5. The Balaban J connectivity index is 1.98. The summed E-state index contributed by atoms with van der Waals surface area (Å²) in [5, 5.41) is 4.12. The van der Waals surface area contributed by atoms with E-state index in [4.69, 9.17) is 4.74 Å².